The summed E-state index contributed by atoms with van der Waals surface area (Å²) in [6.07, 6.45) is 4.60. The molecule has 0 radical (unpaired) electrons. The maximum absolute atomic E-state index is 12.4. The fraction of sp³-hybridized carbons (Fsp3) is 0.333. The Hall–Kier alpha value is -2.18. The van der Waals surface area contributed by atoms with Gasteiger partial charge in [-0.2, -0.15) is 0 Å². The van der Waals surface area contributed by atoms with Gasteiger partial charge in [-0.15, -0.1) is 11.3 Å². The minimum atomic E-state index is -0.760. The Labute approximate surface area is 145 Å². The lowest BCUT2D eigenvalue weighted by Crippen LogP contribution is -2.52. The first-order valence-electron chi connectivity index (χ1n) is 8.12. The first kappa shape index (κ1) is 16.7. The fourth-order valence-electron chi connectivity index (χ4n) is 2.90. The largest absolute Gasteiger partial charge is 0.324 e. The smallest absolute Gasteiger partial charge is 0.265 e. The van der Waals surface area contributed by atoms with Crippen LogP contribution in [0.3, 0.4) is 0 Å². The van der Waals surface area contributed by atoms with Gasteiger partial charge in [-0.05, 0) is 48.6 Å². The molecule has 0 aliphatic heterocycles. The standard InChI is InChI=1S/C18H21N3O2S/c19-18(10-2-1-3-11-18)17(23)21-14-8-6-13(7-9-14)20-16(22)15-5-4-12-24-15/h4-9,12H,1-3,10-11,19H2,(H,20,22)(H,21,23). The molecule has 0 unspecified atom stereocenters. The van der Waals surface area contributed by atoms with Crippen LogP contribution in [-0.2, 0) is 4.79 Å². The average molecular weight is 343 g/mol. The van der Waals surface area contributed by atoms with Gasteiger partial charge in [-0.3, -0.25) is 9.59 Å². The summed E-state index contributed by atoms with van der Waals surface area (Å²) in [5.41, 5.74) is 6.84. The molecule has 3 rings (SSSR count). The monoisotopic (exact) mass is 343 g/mol. The van der Waals surface area contributed by atoms with Crippen molar-refractivity contribution < 1.29 is 9.59 Å². The number of thiophene rings is 1. The summed E-state index contributed by atoms with van der Waals surface area (Å²) < 4.78 is 0. The molecule has 1 heterocycles. The average Bonchev–Trinajstić information content (AvgIpc) is 3.12. The number of hydrogen-bond donors (Lipinski definition) is 3. The van der Waals surface area contributed by atoms with E-state index in [-0.39, 0.29) is 11.8 Å². The van der Waals surface area contributed by atoms with E-state index < -0.39 is 5.54 Å². The molecule has 0 atom stereocenters. The molecule has 1 aliphatic rings. The minimum Gasteiger partial charge on any atom is -0.324 e. The molecule has 1 fully saturated rings. The highest BCUT2D eigenvalue weighted by atomic mass is 32.1. The zero-order valence-corrected chi connectivity index (χ0v) is 14.2. The van der Waals surface area contributed by atoms with Crippen LogP contribution >= 0.6 is 11.3 Å². The molecular formula is C18H21N3O2S. The van der Waals surface area contributed by atoms with E-state index in [4.69, 9.17) is 5.73 Å². The van der Waals surface area contributed by atoms with E-state index in [0.717, 1.165) is 32.1 Å². The molecule has 2 aromatic rings. The van der Waals surface area contributed by atoms with Gasteiger partial charge in [-0.25, -0.2) is 0 Å². The minimum absolute atomic E-state index is 0.127. The summed E-state index contributed by atoms with van der Waals surface area (Å²) >= 11 is 1.39. The van der Waals surface area contributed by atoms with Gasteiger partial charge in [0.25, 0.3) is 5.91 Å². The maximum Gasteiger partial charge on any atom is 0.265 e. The van der Waals surface area contributed by atoms with Gasteiger partial charge in [-0.1, -0.05) is 25.3 Å². The molecule has 2 amide bonds. The van der Waals surface area contributed by atoms with Gasteiger partial charge in [0.15, 0.2) is 0 Å². The van der Waals surface area contributed by atoms with Crippen molar-refractivity contribution in [3.8, 4) is 0 Å². The zero-order valence-electron chi connectivity index (χ0n) is 13.4. The Kier molecular flexibility index (Phi) is 4.97. The Morgan fingerprint density at radius 3 is 2.17 bits per heavy atom. The first-order chi connectivity index (χ1) is 11.6. The van der Waals surface area contributed by atoms with E-state index in [0.29, 0.717) is 16.3 Å². The number of carbonyl (C=O) groups excluding carboxylic acids is 2. The summed E-state index contributed by atoms with van der Waals surface area (Å²) in [4.78, 5) is 25.1. The molecule has 1 aliphatic carbocycles. The Balaban J connectivity index is 1.60. The number of anilines is 2. The summed E-state index contributed by atoms with van der Waals surface area (Å²) in [6, 6.07) is 10.7. The van der Waals surface area contributed by atoms with Crippen LogP contribution in [0.4, 0.5) is 11.4 Å². The number of nitrogens with two attached hydrogens (primary N) is 1. The van der Waals surface area contributed by atoms with Crippen LogP contribution in [0.15, 0.2) is 41.8 Å². The predicted octanol–water partition coefficient (Wildman–Crippen LogP) is 3.60. The molecule has 1 aromatic carbocycles. The van der Waals surface area contributed by atoms with Crippen molar-refractivity contribution in [1.29, 1.82) is 0 Å². The van der Waals surface area contributed by atoms with E-state index in [1.54, 1.807) is 30.3 Å². The molecule has 1 saturated carbocycles. The Morgan fingerprint density at radius 2 is 1.58 bits per heavy atom. The van der Waals surface area contributed by atoms with Crippen molar-refractivity contribution in [2.75, 3.05) is 10.6 Å². The van der Waals surface area contributed by atoms with Crippen LogP contribution in [0.1, 0.15) is 41.8 Å². The van der Waals surface area contributed by atoms with Crippen molar-refractivity contribution in [2.24, 2.45) is 5.73 Å². The van der Waals surface area contributed by atoms with E-state index in [2.05, 4.69) is 10.6 Å². The van der Waals surface area contributed by atoms with Crippen LogP contribution in [0.2, 0.25) is 0 Å². The second-order valence-corrected chi connectivity index (χ2v) is 7.13. The van der Waals surface area contributed by atoms with E-state index in [1.165, 1.54) is 11.3 Å². The van der Waals surface area contributed by atoms with Gasteiger partial charge in [0.1, 0.15) is 0 Å². The third-order valence-corrected chi connectivity index (χ3v) is 5.21. The molecule has 0 saturated heterocycles. The lowest BCUT2D eigenvalue weighted by Gasteiger charge is -2.31. The third kappa shape index (κ3) is 3.83. The first-order valence-corrected chi connectivity index (χ1v) is 9.00. The Bertz CT molecular complexity index is 704. The van der Waals surface area contributed by atoms with Gasteiger partial charge in [0.2, 0.25) is 5.91 Å². The topological polar surface area (TPSA) is 84.2 Å². The third-order valence-electron chi connectivity index (χ3n) is 4.34. The lowest BCUT2D eigenvalue weighted by molar-refractivity contribution is -0.122. The van der Waals surface area contributed by atoms with Crippen molar-refractivity contribution in [1.82, 2.24) is 0 Å². The van der Waals surface area contributed by atoms with Crippen LogP contribution in [0.5, 0.6) is 0 Å². The molecule has 0 bridgehead atoms. The van der Waals surface area contributed by atoms with Crippen molar-refractivity contribution in [3.05, 3.63) is 46.7 Å². The van der Waals surface area contributed by atoms with E-state index >= 15 is 0 Å². The molecule has 5 nitrogen and oxygen atoms in total. The van der Waals surface area contributed by atoms with E-state index in [9.17, 15) is 9.59 Å². The van der Waals surface area contributed by atoms with Crippen molar-refractivity contribution in [2.45, 2.75) is 37.6 Å². The van der Waals surface area contributed by atoms with Crippen molar-refractivity contribution in [3.63, 3.8) is 0 Å². The number of benzene rings is 1. The van der Waals surface area contributed by atoms with Crippen LogP contribution in [-0.4, -0.2) is 17.4 Å². The van der Waals surface area contributed by atoms with Crippen LogP contribution < -0.4 is 16.4 Å². The molecule has 4 N–H and O–H groups in total. The van der Waals surface area contributed by atoms with Crippen LogP contribution in [0.25, 0.3) is 0 Å². The normalized spacial score (nSPS) is 16.4. The highest BCUT2D eigenvalue weighted by Gasteiger charge is 2.35. The summed E-state index contributed by atoms with van der Waals surface area (Å²) in [6.45, 7) is 0. The molecule has 1 aromatic heterocycles. The SMILES string of the molecule is NC1(C(=O)Nc2ccc(NC(=O)c3cccs3)cc2)CCCCC1. The number of hydrogen-bond acceptors (Lipinski definition) is 4. The molecule has 0 spiro atoms. The van der Waals surface area contributed by atoms with Gasteiger partial charge in [0, 0.05) is 11.4 Å². The predicted molar refractivity (Wildman–Crippen MR) is 97.3 cm³/mol. The van der Waals surface area contributed by atoms with Gasteiger partial charge in [0.05, 0.1) is 10.4 Å². The molecule has 6 heteroatoms. The van der Waals surface area contributed by atoms with E-state index in [1.807, 2.05) is 11.4 Å². The summed E-state index contributed by atoms with van der Waals surface area (Å²) in [5.74, 6) is -0.262. The fourth-order valence-corrected chi connectivity index (χ4v) is 3.52. The summed E-state index contributed by atoms with van der Waals surface area (Å²) in [7, 11) is 0. The van der Waals surface area contributed by atoms with Crippen LogP contribution in [0, 0.1) is 0 Å². The zero-order chi connectivity index (χ0) is 17.0. The Morgan fingerprint density at radius 1 is 0.958 bits per heavy atom. The molecular weight excluding hydrogens is 322 g/mol. The second-order valence-electron chi connectivity index (χ2n) is 6.18. The summed E-state index contributed by atoms with van der Waals surface area (Å²) in [5, 5.41) is 7.58. The molecule has 24 heavy (non-hydrogen) atoms. The highest BCUT2D eigenvalue weighted by molar-refractivity contribution is 7.12. The molecule has 126 valence electrons. The lowest BCUT2D eigenvalue weighted by atomic mass is 9.82. The van der Waals surface area contributed by atoms with Crippen molar-refractivity contribution >= 4 is 34.5 Å². The highest BCUT2D eigenvalue weighted by Crippen LogP contribution is 2.27. The number of carbonyl (C=O) groups is 2. The number of amides is 2. The number of rotatable bonds is 4. The van der Waals surface area contributed by atoms with Gasteiger partial charge >= 0.3 is 0 Å². The maximum atomic E-state index is 12.4. The van der Waals surface area contributed by atoms with Gasteiger partial charge < -0.3 is 16.4 Å². The quantitative estimate of drug-likeness (QED) is 0.793. The second kappa shape index (κ2) is 7.15. The number of nitrogens with one attached hydrogen (secondary N) is 2.